The van der Waals surface area contributed by atoms with E-state index in [2.05, 4.69) is 5.32 Å². The monoisotopic (exact) mass is 356 g/mol. The number of rotatable bonds is 5. The predicted octanol–water partition coefficient (Wildman–Crippen LogP) is 3.57. The lowest BCUT2D eigenvalue weighted by molar-refractivity contribution is 0.0686. The van der Waals surface area contributed by atoms with Crippen LogP contribution in [0, 0.1) is 11.7 Å². The van der Waals surface area contributed by atoms with E-state index >= 15 is 0 Å². The Balaban J connectivity index is 1.72. The third kappa shape index (κ3) is 4.05. The molecule has 0 aliphatic carbocycles. The van der Waals surface area contributed by atoms with Crippen LogP contribution in [0.3, 0.4) is 0 Å². The number of carbonyl (C=O) groups excluding carboxylic acids is 1. The molecule has 26 heavy (non-hydrogen) atoms. The van der Waals surface area contributed by atoms with Crippen molar-refractivity contribution < 1.29 is 13.9 Å². The molecule has 0 atom stereocenters. The lowest BCUT2D eigenvalue weighted by atomic mass is 9.96. The zero-order valence-electron chi connectivity index (χ0n) is 15.3. The molecule has 4 nitrogen and oxygen atoms in total. The van der Waals surface area contributed by atoms with E-state index in [1.807, 2.05) is 31.3 Å². The SMILES string of the molecule is CNCC1CCN(C(=O)c2ccc(-c3ccc(OC)cc3)cc2F)CC1. The number of carbonyl (C=O) groups is 1. The van der Waals surface area contributed by atoms with Gasteiger partial charge in [-0.15, -0.1) is 0 Å². The molecule has 138 valence electrons. The molecule has 5 heteroatoms. The Morgan fingerprint density at radius 3 is 2.38 bits per heavy atom. The van der Waals surface area contributed by atoms with Crippen LogP contribution in [0.1, 0.15) is 23.2 Å². The summed E-state index contributed by atoms with van der Waals surface area (Å²) in [6.07, 6.45) is 1.91. The normalized spacial score (nSPS) is 15.1. The van der Waals surface area contributed by atoms with Crippen molar-refractivity contribution in [2.75, 3.05) is 33.8 Å². The van der Waals surface area contributed by atoms with E-state index in [1.54, 1.807) is 24.1 Å². The minimum Gasteiger partial charge on any atom is -0.497 e. The van der Waals surface area contributed by atoms with Crippen molar-refractivity contribution in [1.82, 2.24) is 10.2 Å². The average molecular weight is 356 g/mol. The van der Waals surface area contributed by atoms with Gasteiger partial charge in [-0.2, -0.15) is 0 Å². The largest absolute Gasteiger partial charge is 0.497 e. The standard InChI is InChI=1S/C21H25FN2O2/c1-23-14-15-9-11-24(12-10-15)21(25)19-8-5-17(13-20(19)22)16-3-6-18(26-2)7-4-16/h3-8,13,15,23H,9-12,14H2,1-2H3. The molecule has 1 aliphatic rings. The van der Waals surface area contributed by atoms with Crippen molar-refractivity contribution in [2.24, 2.45) is 5.92 Å². The molecule has 0 bridgehead atoms. The highest BCUT2D eigenvalue weighted by Gasteiger charge is 2.25. The van der Waals surface area contributed by atoms with Crippen LogP contribution >= 0.6 is 0 Å². The quantitative estimate of drug-likeness (QED) is 0.890. The van der Waals surface area contributed by atoms with Gasteiger partial charge in [-0.3, -0.25) is 4.79 Å². The van der Waals surface area contributed by atoms with Crippen molar-refractivity contribution in [3.8, 4) is 16.9 Å². The fourth-order valence-electron chi connectivity index (χ4n) is 3.45. The zero-order valence-corrected chi connectivity index (χ0v) is 15.3. The highest BCUT2D eigenvalue weighted by atomic mass is 19.1. The first kappa shape index (κ1) is 18.4. The molecule has 2 aromatic rings. The lowest BCUT2D eigenvalue weighted by Crippen LogP contribution is -2.40. The second-order valence-electron chi connectivity index (χ2n) is 6.72. The highest BCUT2D eigenvalue weighted by molar-refractivity contribution is 5.95. The number of piperidine rings is 1. The molecular weight excluding hydrogens is 331 g/mol. The molecule has 1 fully saturated rings. The van der Waals surface area contributed by atoms with Crippen molar-refractivity contribution in [1.29, 1.82) is 0 Å². The first-order valence-corrected chi connectivity index (χ1v) is 9.00. The van der Waals surface area contributed by atoms with Crippen LogP contribution in [-0.4, -0.2) is 44.6 Å². The van der Waals surface area contributed by atoms with E-state index in [0.29, 0.717) is 19.0 Å². The zero-order chi connectivity index (χ0) is 18.5. The number of likely N-dealkylation sites (tertiary alicyclic amines) is 1. The van der Waals surface area contributed by atoms with Gasteiger partial charge in [0.2, 0.25) is 0 Å². The molecule has 1 amide bonds. The summed E-state index contributed by atoms with van der Waals surface area (Å²) in [5.41, 5.74) is 1.78. The number of benzene rings is 2. The topological polar surface area (TPSA) is 41.6 Å². The molecule has 0 saturated carbocycles. The van der Waals surface area contributed by atoms with Crippen LogP contribution in [-0.2, 0) is 0 Å². The number of amides is 1. The Morgan fingerprint density at radius 2 is 1.81 bits per heavy atom. The number of methoxy groups -OCH3 is 1. The summed E-state index contributed by atoms with van der Waals surface area (Å²) < 4.78 is 19.7. The average Bonchev–Trinajstić information content (AvgIpc) is 2.68. The van der Waals surface area contributed by atoms with Gasteiger partial charge in [0.05, 0.1) is 12.7 Å². The number of ether oxygens (including phenoxy) is 1. The van der Waals surface area contributed by atoms with Crippen molar-refractivity contribution >= 4 is 5.91 Å². The first-order valence-electron chi connectivity index (χ1n) is 9.00. The van der Waals surface area contributed by atoms with Crippen molar-refractivity contribution in [2.45, 2.75) is 12.8 Å². The third-order valence-corrected chi connectivity index (χ3v) is 5.02. The van der Waals surface area contributed by atoms with Gasteiger partial charge in [0.25, 0.3) is 5.91 Å². The minimum absolute atomic E-state index is 0.148. The summed E-state index contributed by atoms with van der Waals surface area (Å²) >= 11 is 0. The summed E-state index contributed by atoms with van der Waals surface area (Å²) in [5, 5.41) is 3.18. The Bertz CT molecular complexity index is 753. The predicted molar refractivity (Wildman–Crippen MR) is 101 cm³/mol. The van der Waals surface area contributed by atoms with Crippen LogP contribution < -0.4 is 10.1 Å². The number of nitrogens with one attached hydrogen (secondary N) is 1. The summed E-state index contributed by atoms with van der Waals surface area (Å²) in [7, 11) is 3.55. The van der Waals surface area contributed by atoms with Gasteiger partial charge in [-0.05, 0) is 67.7 Å². The van der Waals surface area contributed by atoms with Gasteiger partial charge in [-0.25, -0.2) is 4.39 Å². The molecule has 3 rings (SSSR count). The molecular formula is C21H25FN2O2. The Morgan fingerprint density at radius 1 is 1.15 bits per heavy atom. The van der Waals surface area contributed by atoms with E-state index < -0.39 is 5.82 Å². The molecule has 1 heterocycles. The summed E-state index contributed by atoms with van der Waals surface area (Å²) in [6, 6.07) is 12.2. The van der Waals surface area contributed by atoms with Gasteiger partial charge < -0.3 is 15.0 Å². The Labute approximate surface area is 154 Å². The van der Waals surface area contributed by atoms with Crippen LogP contribution in [0.15, 0.2) is 42.5 Å². The molecule has 2 aromatic carbocycles. The molecule has 0 spiro atoms. The van der Waals surface area contributed by atoms with Gasteiger partial charge in [0.15, 0.2) is 0 Å². The van der Waals surface area contributed by atoms with E-state index in [4.69, 9.17) is 4.74 Å². The second kappa shape index (κ2) is 8.32. The molecule has 1 N–H and O–H groups in total. The van der Waals surface area contributed by atoms with E-state index in [1.165, 1.54) is 6.07 Å². The maximum atomic E-state index is 14.6. The summed E-state index contributed by atoms with van der Waals surface area (Å²) in [5.74, 6) is 0.654. The maximum Gasteiger partial charge on any atom is 0.256 e. The molecule has 1 saturated heterocycles. The number of hydrogen-bond donors (Lipinski definition) is 1. The van der Waals surface area contributed by atoms with Crippen LogP contribution in [0.25, 0.3) is 11.1 Å². The number of halogens is 1. The molecule has 0 radical (unpaired) electrons. The van der Waals surface area contributed by atoms with Gasteiger partial charge >= 0.3 is 0 Å². The Kier molecular flexibility index (Phi) is 5.89. The molecule has 1 aliphatic heterocycles. The van der Waals surface area contributed by atoms with E-state index in [-0.39, 0.29) is 11.5 Å². The fraction of sp³-hybridized carbons (Fsp3) is 0.381. The minimum atomic E-state index is -0.472. The number of hydrogen-bond acceptors (Lipinski definition) is 3. The van der Waals surface area contributed by atoms with Crippen molar-refractivity contribution in [3.63, 3.8) is 0 Å². The second-order valence-corrected chi connectivity index (χ2v) is 6.72. The fourth-order valence-corrected chi connectivity index (χ4v) is 3.45. The summed E-state index contributed by atoms with van der Waals surface area (Å²) in [6.45, 7) is 2.34. The summed E-state index contributed by atoms with van der Waals surface area (Å²) in [4.78, 5) is 14.4. The van der Waals surface area contributed by atoms with E-state index in [0.717, 1.165) is 36.3 Å². The van der Waals surface area contributed by atoms with Crippen LogP contribution in [0.5, 0.6) is 5.75 Å². The van der Waals surface area contributed by atoms with Gasteiger partial charge in [0, 0.05) is 13.1 Å². The first-order chi connectivity index (χ1) is 12.6. The molecule has 0 unspecified atom stereocenters. The van der Waals surface area contributed by atoms with Crippen molar-refractivity contribution in [3.05, 3.63) is 53.8 Å². The Hall–Kier alpha value is -2.40. The molecule has 0 aromatic heterocycles. The smallest absolute Gasteiger partial charge is 0.256 e. The van der Waals surface area contributed by atoms with E-state index in [9.17, 15) is 9.18 Å². The van der Waals surface area contributed by atoms with Gasteiger partial charge in [-0.1, -0.05) is 18.2 Å². The highest BCUT2D eigenvalue weighted by Crippen LogP contribution is 2.26. The van der Waals surface area contributed by atoms with Gasteiger partial charge in [0.1, 0.15) is 11.6 Å². The van der Waals surface area contributed by atoms with Crippen LogP contribution in [0.4, 0.5) is 4.39 Å². The number of nitrogens with zero attached hydrogens (tertiary/aromatic N) is 1. The lowest BCUT2D eigenvalue weighted by Gasteiger charge is -2.32. The van der Waals surface area contributed by atoms with Crippen LogP contribution in [0.2, 0.25) is 0 Å². The maximum absolute atomic E-state index is 14.6. The third-order valence-electron chi connectivity index (χ3n) is 5.02.